The molecule has 1 aromatic rings. The van der Waals surface area contributed by atoms with Crippen molar-refractivity contribution in [2.75, 3.05) is 6.61 Å². The van der Waals surface area contributed by atoms with E-state index in [0.717, 1.165) is 5.56 Å². The van der Waals surface area contributed by atoms with Crippen molar-refractivity contribution in [3.63, 3.8) is 0 Å². The lowest BCUT2D eigenvalue weighted by Gasteiger charge is -2.13. The van der Waals surface area contributed by atoms with E-state index >= 15 is 0 Å². The second-order valence-electron chi connectivity index (χ2n) is 3.98. The summed E-state index contributed by atoms with van der Waals surface area (Å²) in [4.78, 5) is 21.7. The third-order valence-corrected chi connectivity index (χ3v) is 2.74. The van der Waals surface area contributed by atoms with Gasteiger partial charge in [0, 0.05) is 12.1 Å². The summed E-state index contributed by atoms with van der Waals surface area (Å²) in [5.41, 5.74) is 0.962. The monoisotopic (exact) mass is 251 g/mol. The average Bonchev–Trinajstić information content (AvgIpc) is 2.36. The molecule has 0 N–H and O–H groups in total. The number of rotatable bonds is 6. The third kappa shape index (κ3) is 3.84. The fraction of sp³-hybridized carbons (Fsp3) is 0.462. The fourth-order valence-corrected chi connectivity index (χ4v) is 1.69. The predicted octanol–water partition coefficient (Wildman–Crippen LogP) is 2.73. The van der Waals surface area contributed by atoms with Crippen molar-refractivity contribution in [2.24, 2.45) is 5.92 Å². The van der Waals surface area contributed by atoms with Gasteiger partial charge in [0.25, 0.3) is 5.69 Å². The summed E-state index contributed by atoms with van der Waals surface area (Å²) in [5.74, 6) is -0.398. The van der Waals surface area contributed by atoms with Gasteiger partial charge in [0.2, 0.25) is 0 Å². The Labute approximate surface area is 106 Å². The lowest BCUT2D eigenvalue weighted by atomic mass is 9.97. The highest BCUT2D eigenvalue weighted by atomic mass is 16.6. The van der Waals surface area contributed by atoms with Crippen molar-refractivity contribution < 1.29 is 14.5 Å². The van der Waals surface area contributed by atoms with E-state index in [1.165, 1.54) is 12.1 Å². The van der Waals surface area contributed by atoms with Crippen molar-refractivity contribution in [1.82, 2.24) is 0 Å². The molecule has 0 aliphatic rings. The normalized spacial score (nSPS) is 11.9. The minimum atomic E-state index is -0.438. The van der Waals surface area contributed by atoms with Crippen molar-refractivity contribution in [2.45, 2.75) is 26.7 Å². The molecule has 5 nitrogen and oxygen atoms in total. The van der Waals surface area contributed by atoms with E-state index in [1.54, 1.807) is 19.1 Å². The standard InChI is InChI=1S/C13H17NO4/c1-3-11(13(15)18-4-2)9-10-5-7-12(8-6-10)14(16)17/h5-8,11H,3-4,9H2,1-2H3. The number of hydrogen-bond acceptors (Lipinski definition) is 4. The van der Waals surface area contributed by atoms with Crippen molar-refractivity contribution >= 4 is 11.7 Å². The lowest BCUT2D eigenvalue weighted by Crippen LogP contribution is -2.19. The Morgan fingerprint density at radius 1 is 1.33 bits per heavy atom. The number of non-ortho nitro benzene ring substituents is 1. The Balaban J connectivity index is 2.70. The first-order valence-electron chi connectivity index (χ1n) is 5.98. The number of nitro benzene ring substituents is 1. The molecule has 0 bridgehead atoms. The summed E-state index contributed by atoms with van der Waals surface area (Å²) in [6.07, 6.45) is 1.24. The number of carbonyl (C=O) groups is 1. The van der Waals surface area contributed by atoms with E-state index in [0.29, 0.717) is 19.4 Å². The van der Waals surface area contributed by atoms with Crippen LogP contribution in [-0.2, 0) is 16.0 Å². The fourth-order valence-electron chi connectivity index (χ4n) is 1.69. The number of esters is 1. The predicted molar refractivity (Wildman–Crippen MR) is 67.2 cm³/mol. The highest BCUT2D eigenvalue weighted by Gasteiger charge is 2.18. The van der Waals surface area contributed by atoms with Crippen molar-refractivity contribution in [3.05, 3.63) is 39.9 Å². The van der Waals surface area contributed by atoms with Gasteiger partial charge in [-0.3, -0.25) is 14.9 Å². The van der Waals surface area contributed by atoms with Gasteiger partial charge in [-0.15, -0.1) is 0 Å². The van der Waals surface area contributed by atoms with Crippen LogP contribution in [0.3, 0.4) is 0 Å². The van der Waals surface area contributed by atoms with E-state index in [2.05, 4.69) is 0 Å². The minimum Gasteiger partial charge on any atom is -0.466 e. The van der Waals surface area contributed by atoms with Crippen LogP contribution in [0.25, 0.3) is 0 Å². The zero-order valence-corrected chi connectivity index (χ0v) is 10.6. The topological polar surface area (TPSA) is 69.4 Å². The van der Waals surface area contributed by atoms with Gasteiger partial charge in [0.1, 0.15) is 0 Å². The third-order valence-electron chi connectivity index (χ3n) is 2.74. The van der Waals surface area contributed by atoms with Gasteiger partial charge in [-0.2, -0.15) is 0 Å². The summed E-state index contributed by atoms with van der Waals surface area (Å²) in [7, 11) is 0. The molecule has 0 heterocycles. The Bertz CT molecular complexity index is 414. The van der Waals surface area contributed by atoms with Crippen LogP contribution in [-0.4, -0.2) is 17.5 Å². The molecule has 0 amide bonds. The highest BCUT2D eigenvalue weighted by Crippen LogP contribution is 2.17. The number of hydrogen-bond donors (Lipinski definition) is 0. The molecular formula is C13H17NO4. The summed E-state index contributed by atoms with van der Waals surface area (Å²) >= 11 is 0. The molecule has 98 valence electrons. The molecule has 0 aromatic heterocycles. The van der Waals surface area contributed by atoms with Crippen LogP contribution in [0.2, 0.25) is 0 Å². The van der Waals surface area contributed by atoms with E-state index in [-0.39, 0.29) is 17.6 Å². The van der Waals surface area contributed by atoms with E-state index < -0.39 is 4.92 Å². The first kappa shape index (κ1) is 14.2. The van der Waals surface area contributed by atoms with E-state index in [4.69, 9.17) is 4.74 Å². The van der Waals surface area contributed by atoms with E-state index in [9.17, 15) is 14.9 Å². The zero-order chi connectivity index (χ0) is 13.5. The zero-order valence-electron chi connectivity index (χ0n) is 10.6. The largest absolute Gasteiger partial charge is 0.466 e. The first-order valence-corrected chi connectivity index (χ1v) is 5.98. The summed E-state index contributed by atoms with van der Waals surface area (Å²) in [5, 5.41) is 10.5. The Morgan fingerprint density at radius 3 is 2.39 bits per heavy atom. The maximum absolute atomic E-state index is 11.6. The second-order valence-corrected chi connectivity index (χ2v) is 3.98. The first-order chi connectivity index (χ1) is 8.58. The number of nitrogens with zero attached hydrogens (tertiary/aromatic N) is 1. The van der Waals surface area contributed by atoms with Gasteiger partial charge in [-0.05, 0) is 25.3 Å². The number of ether oxygens (including phenoxy) is 1. The van der Waals surface area contributed by atoms with Gasteiger partial charge in [-0.25, -0.2) is 0 Å². The van der Waals surface area contributed by atoms with E-state index in [1.807, 2.05) is 6.92 Å². The van der Waals surface area contributed by atoms with Gasteiger partial charge >= 0.3 is 5.97 Å². The second kappa shape index (κ2) is 6.74. The molecule has 1 unspecified atom stereocenters. The summed E-state index contributed by atoms with van der Waals surface area (Å²) in [6, 6.07) is 6.26. The SMILES string of the molecule is CCOC(=O)C(CC)Cc1ccc([N+](=O)[O-])cc1. The van der Waals surface area contributed by atoms with Crippen LogP contribution in [0.1, 0.15) is 25.8 Å². The van der Waals surface area contributed by atoms with Gasteiger partial charge < -0.3 is 4.74 Å². The minimum absolute atomic E-state index is 0.0583. The maximum atomic E-state index is 11.6. The molecule has 0 fully saturated rings. The van der Waals surface area contributed by atoms with Crippen LogP contribution >= 0.6 is 0 Å². The number of carbonyl (C=O) groups excluding carboxylic acids is 1. The Morgan fingerprint density at radius 2 is 1.94 bits per heavy atom. The molecule has 0 radical (unpaired) electrons. The van der Waals surface area contributed by atoms with Gasteiger partial charge in [0.05, 0.1) is 17.4 Å². The lowest BCUT2D eigenvalue weighted by molar-refractivity contribution is -0.384. The smallest absolute Gasteiger partial charge is 0.309 e. The van der Waals surface area contributed by atoms with Crippen LogP contribution in [0.5, 0.6) is 0 Å². The van der Waals surface area contributed by atoms with Crippen molar-refractivity contribution in [3.8, 4) is 0 Å². The highest BCUT2D eigenvalue weighted by molar-refractivity contribution is 5.72. The molecule has 1 atom stereocenters. The molecule has 0 aliphatic carbocycles. The molecule has 18 heavy (non-hydrogen) atoms. The van der Waals surface area contributed by atoms with Crippen molar-refractivity contribution in [1.29, 1.82) is 0 Å². The van der Waals surface area contributed by atoms with Crippen LogP contribution in [0.15, 0.2) is 24.3 Å². The summed E-state index contributed by atoms with van der Waals surface area (Å²) in [6.45, 7) is 4.07. The molecular weight excluding hydrogens is 234 g/mol. The molecule has 0 spiro atoms. The van der Waals surface area contributed by atoms with Crippen LogP contribution in [0.4, 0.5) is 5.69 Å². The Hall–Kier alpha value is -1.91. The maximum Gasteiger partial charge on any atom is 0.309 e. The molecule has 0 saturated carbocycles. The summed E-state index contributed by atoms with van der Waals surface area (Å²) < 4.78 is 4.98. The van der Waals surface area contributed by atoms with Crippen LogP contribution < -0.4 is 0 Å². The molecule has 0 aliphatic heterocycles. The molecule has 1 aromatic carbocycles. The van der Waals surface area contributed by atoms with Gasteiger partial charge in [0.15, 0.2) is 0 Å². The molecule has 0 saturated heterocycles. The number of benzene rings is 1. The quantitative estimate of drug-likeness (QED) is 0.443. The van der Waals surface area contributed by atoms with Gasteiger partial charge in [-0.1, -0.05) is 19.1 Å². The average molecular weight is 251 g/mol. The molecule has 5 heteroatoms. The Kier molecular flexibility index (Phi) is 5.30. The molecule has 1 rings (SSSR count). The number of nitro groups is 1. The van der Waals surface area contributed by atoms with Crippen LogP contribution in [0, 0.1) is 16.0 Å².